The molecular weight excluding hydrogens is 252 g/mol. The van der Waals surface area contributed by atoms with Gasteiger partial charge in [0.15, 0.2) is 0 Å². The second kappa shape index (κ2) is 5.17. The first-order chi connectivity index (χ1) is 9.46. The molecule has 4 nitrogen and oxygen atoms in total. The van der Waals surface area contributed by atoms with Crippen molar-refractivity contribution in [2.24, 2.45) is 11.1 Å². The van der Waals surface area contributed by atoms with Crippen LogP contribution >= 0.6 is 0 Å². The Hall–Kier alpha value is -0.840. The van der Waals surface area contributed by atoms with Crippen molar-refractivity contribution in [1.29, 1.82) is 0 Å². The van der Waals surface area contributed by atoms with E-state index in [2.05, 4.69) is 31.4 Å². The molecule has 0 bridgehead atoms. The summed E-state index contributed by atoms with van der Waals surface area (Å²) in [5, 5.41) is 0. The van der Waals surface area contributed by atoms with Crippen molar-refractivity contribution in [3.8, 4) is 0 Å². The van der Waals surface area contributed by atoms with Gasteiger partial charge in [0.05, 0.1) is 32.5 Å². The summed E-state index contributed by atoms with van der Waals surface area (Å²) in [6.07, 6.45) is 2.32. The maximum Gasteiger partial charge on any atom is 0.0987 e. The lowest BCUT2D eigenvalue weighted by molar-refractivity contribution is -0.0940. The van der Waals surface area contributed by atoms with Crippen LogP contribution in [0.4, 0.5) is 0 Å². The van der Waals surface area contributed by atoms with Crippen LogP contribution in [0, 0.1) is 12.3 Å². The van der Waals surface area contributed by atoms with Crippen molar-refractivity contribution in [3.63, 3.8) is 0 Å². The van der Waals surface area contributed by atoms with Crippen molar-refractivity contribution in [2.45, 2.75) is 52.3 Å². The third-order valence-electron chi connectivity index (χ3n) is 4.54. The van der Waals surface area contributed by atoms with Gasteiger partial charge in [0.1, 0.15) is 0 Å². The third-order valence-corrected chi connectivity index (χ3v) is 4.54. The molecule has 0 spiro atoms. The van der Waals surface area contributed by atoms with Gasteiger partial charge in [0, 0.05) is 17.4 Å². The Kier molecular flexibility index (Phi) is 3.65. The van der Waals surface area contributed by atoms with Crippen LogP contribution in [0.1, 0.15) is 43.3 Å². The fraction of sp³-hybridized carbons (Fsp3) is 0.750. The summed E-state index contributed by atoms with van der Waals surface area (Å²) in [6, 6.07) is 2.43. The molecule has 1 aliphatic carbocycles. The summed E-state index contributed by atoms with van der Waals surface area (Å²) in [7, 11) is 0. The zero-order chi connectivity index (χ0) is 14.3. The molecule has 1 fully saturated rings. The molecule has 3 rings (SSSR count). The van der Waals surface area contributed by atoms with E-state index in [0.29, 0.717) is 13.2 Å². The number of rotatable bonds is 2. The van der Waals surface area contributed by atoms with Crippen LogP contribution in [0.5, 0.6) is 0 Å². The molecule has 1 saturated heterocycles. The molecule has 112 valence electrons. The predicted octanol–water partition coefficient (Wildman–Crippen LogP) is 2.18. The quantitative estimate of drug-likeness (QED) is 0.902. The Morgan fingerprint density at radius 3 is 2.90 bits per heavy atom. The number of hydrogen-bond donors (Lipinski definition) is 1. The van der Waals surface area contributed by atoms with Crippen LogP contribution < -0.4 is 5.73 Å². The van der Waals surface area contributed by atoms with Gasteiger partial charge in [0.25, 0.3) is 0 Å². The van der Waals surface area contributed by atoms with E-state index in [9.17, 15) is 0 Å². The van der Waals surface area contributed by atoms with E-state index < -0.39 is 0 Å². The first kappa shape index (κ1) is 14.1. The van der Waals surface area contributed by atoms with E-state index in [1.54, 1.807) is 0 Å². The molecule has 2 atom stereocenters. The second-order valence-electron chi connectivity index (χ2n) is 7.02. The van der Waals surface area contributed by atoms with Gasteiger partial charge in [-0.3, -0.25) is 0 Å². The SMILES string of the molecule is Cc1cc2c(n1CC1COCCO1)CC(C)(C)CC2N. The number of aromatic nitrogens is 1. The van der Waals surface area contributed by atoms with Crippen molar-refractivity contribution < 1.29 is 9.47 Å². The van der Waals surface area contributed by atoms with Gasteiger partial charge in [-0.2, -0.15) is 0 Å². The summed E-state index contributed by atoms with van der Waals surface area (Å²) in [6.45, 7) is 9.79. The van der Waals surface area contributed by atoms with Crippen LogP contribution in [0.2, 0.25) is 0 Å². The summed E-state index contributed by atoms with van der Waals surface area (Å²) >= 11 is 0. The Labute approximate surface area is 121 Å². The van der Waals surface area contributed by atoms with Crippen molar-refractivity contribution >= 4 is 0 Å². The lowest BCUT2D eigenvalue weighted by atomic mass is 9.74. The summed E-state index contributed by atoms with van der Waals surface area (Å²) < 4.78 is 13.7. The van der Waals surface area contributed by atoms with Crippen molar-refractivity contribution in [2.75, 3.05) is 19.8 Å². The van der Waals surface area contributed by atoms with E-state index >= 15 is 0 Å². The smallest absolute Gasteiger partial charge is 0.0987 e. The minimum absolute atomic E-state index is 0.164. The Morgan fingerprint density at radius 1 is 1.40 bits per heavy atom. The number of aryl methyl sites for hydroxylation is 1. The molecule has 2 N–H and O–H groups in total. The number of fused-ring (bicyclic) bond motifs is 1. The van der Waals surface area contributed by atoms with Crippen LogP contribution in [-0.2, 0) is 22.4 Å². The van der Waals surface area contributed by atoms with Gasteiger partial charge in [-0.05, 0) is 36.8 Å². The minimum atomic E-state index is 0.164. The molecule has 0 aromatic carbocycles. The normalized spacial score (nSPS) is 29.2. The van der Waals surface area contributed by atoms with E-state index in [1.165, 1.54) is 17.0 Å². The van der Waals surface area contributed by atoms with E-state index in [-0.39, 0.29) is 17.6 Å². The summed E-state index contributed by atoms with van der Waals surface area (Å²) in [5.74, 6) is 0. The molecule has 1 aliphatic heterocycles. The lowest BCUT2D eigenvalue weighted by Crippen LogP contribution is -2.35. The Balaban J connectivity index is 1.88. The molecule has 0 amide bonds. The highest BCUT2D eigenvalue weighted by Crippen LogP contribution is 2.41. The fourth-order valence-corrected chi connectivity index (χ4v) is 3.60. The number of hydrogen-bond acceptors (Lipinski definition) is 3. The first-order valence-electron chi connectivity index (χ1n) is 7.60. The van der Waals surface area contributed by atoms with Gasteiger partial charge in [-0.15, -0.1) is 0 Å². The Morgan fingerprint density at radius 2 is 2.20 bits per heavy atom. The lowest BCUT2D eigenvalue weighted by Gasteiger charge is -2.35. The molecule has 0 radical (unpaired) electrons. The number of ether oxygens (including phenoxy) is 2. The molecule has 1 aromatic heterocycles. The second-order valence-corrected chi connectivity index (χ2v) is 7.02. The van der Waals surface area contributed by atoms with Gasteiger partial charge >= 0.3 is 0 Å². The third kappa shape index (κ3) is 2.65. The van der Waals surface area contributed by atoms with Crippen molar-refractivity contribution in [3.05, 3.63) is 23.0 Å². The largest absolute Gasteiger partial charge is 0.376 e. The Bertz CT molecular complexity index is 487. The standard InChI is InChI=1S/C16H26N2O2/c1-11-6-13-14(17)7-16(2,3)8-15(13)18(11)9-12-10-19-4-5-20-12/h6,12,14H,4-5,7-10,17H2,1-3H3. The maximum absolute atomic E-state index is 6.37. The van der Waals surface area contributed by atoms with E-state index in [0.717, 1.165) is 26.0 Å². The van der Waals surface area contributed by atoms with Gasteiger partial charge in [0.2, 0.25) is 0 Å². The number of nitrogens with two attached hydrogens (primary N) is 1. The van der Waals surface area contributed by atoms with Crippen LogP contribution in [0.3, 0.4) is 0 Å². The zero-order valence-electron chi connectivity index (χ0n) is 12.8. The van der Waals surface area contributed by atoms with Crippen LogP contribution in [0.25, 0.3) is 0 Å². The fourth-order valence-electron chi connectivity index (χ4n) is 3.60. The zero-order valence-corrected chi connectivity index (χ0v) is 12.8. The average molecular weight is 278 g/mol. The highest BCUT2D eigenvalue weighted by Gasteiger charge is 2.33. The molecule has 20 heavy (non-hydrogen) atoms. The molecule has 2 heterocycles. The minimum Gasteiger partial charge on any atom is -0.376 e. The summed E-state index contributed by atoms with van der Waals surface area (Å²) in [4.78, 5) is 0. The van der Waals surface area contributed by atoms with Gasteiger partial charge in [-0.1, -0.05) is 13.8 Å². The highest BCUT2D eigenvalue weighted by atomic mass is 16.6. The van der Waals surface area contributed by atoms with E-state index in [4.69, 9.17) is 15.2 Å². The van der Waals surface area contributed by atoms with Gasteiger partial charge in [-0.25, -0.2) is 0 Å². The van der Waals surface area contributed by atoms with Crippen LogP contribution in [0.15, 0.2) is 6.07 Å². The number of nitrogens with zero attached hydrogens (tertiary/aromatic N) is 1. The predicted molar refractivity (Wildman–Crippen MR) is 78.8 cm³/mol. The summed E-state index contributed by atoms with van der Waals surface area (Å²) in [5.41, 5.74) is 10.7. The molecule has 1 aromatic rings. The average Bonchev–Trinajstić information content (AvgIpc) is 2.67. The van der Waals surface area contributed by atoms with Crippen LogP contribution in [-0.4, -0.2) is 30.5 Å². The monoisotopic (exact) mass is 278 g/mol. The maximum atomic E-state index is 6.37. The highest BCUT2D eigenvalue weighted by molar-refractivity contribution is 5.34. The molecule has 4 heteroatoms. The van der Waals surface area contributed by atoms with E-state index in [1.807, 2.05) is 0 Å². The van der Waals surface area contributed by atoms with Crippen molar-refractivity contribution in [1.82, 2.24) is 4.57 Å². The molecular formula is C16H26N2O2. The molecule has 2 unspecified atom stereocenters. The first-order valence-corrected chi connectivity index (χ1v) is 7.60. The topological polar surface area (TPSA) is 49.4 Å². The van der Waals surface area contributed by atoms with Gasteiger partial charge < -0.3 is 19.8 Å². The molecule has 2 aliphatic rings. The molecule has 0 saturated carbocycles.